The van der Waals surface area contributed by atoms with Crippen LogP contribution >= 0.6 is 11.8 Å². The van der Waals surface area contributed by atoms with E-state index in [1.165, 1.54) is 22.3 Å². The van der Waals surface area contributed by atoms with Crippen LogP contribution in [0.5, 0.6) is 0 Å². The van der Waals surface area contributed by atoms with Crippen LogP contribution in [0.15, 0.2) is 48.5 Å². The molecular weight excluding hydrogens is 348 g/mol. The van der Waals surface area contributed by atoms with Gasteiger partial charge in [0.05, 0.1) is 0 Å². The van der Waals surface area contributed by atoms with Crippen LogP contribution in [0, 0.1) is 0 Å². The molecule has 0 bridgehead atoms. The lowest BCUT2D eigenvalue weighted by Crippen LogP contribution is -2.45. The molecule has 0 saturated carbocycles. The van der Waals surface area contributed by atoms with Gasteiger partial charge in [0.1, 0.15) is 12.8 Å². The van der Waals surface area contributed by atoms with E-state index in [0.717, 1.165) is 5.75 Å². The van der Waals surface area contributed by atoms with Crippen molar-refractivity contribution in [3.05, 3.63) is 59.7 Å². The van der Waals surface area contributed by atoms with Gasteiger partial charge in [-0.15, -0.1) is 0 Å². The second kappa shape index (κ2) is 8.76. The minimum atomic E-state index is -0.521. The molecule has 0 radical (unpaired) electrons. The summed E-state index contributed by atoms with van der Waals surface area (Å²) in [7, 11) is 0. The van der Waals surface area contributed by atoms with Gasteiger partial charge < -0.3 is 15.4 Å². The lowest BCUT2D eigenvalue weighted by molar-refractivity contribution is -0.110. The van der Waals surface area contributed by atoms with Gasteiger partial charge >= 0.3 is 6.09 Å². The minimum Gasteiger partial charge on any atom is -0.449 e. The summed E-state index contributed by atoms with van der Waals surface area (Å²) < 4.78 is 5.48. The van der Waals surface area contributed by atoms with Gasteiger partial charge in [-0.25, -0.2) is 4.79 Å². The van der Waals surface area contributed by atoms with Gasteiger partial charge in [-0.1, -0.05) is 48.5 Å². The standard InChI is InChI=1S/C20H22N2O3S/c1-26-11-10-19(21-13-23)22-20(24)25-12-18-16-8-4-2-6-14(16)15-7-3-5-9-17(15)18/h2-9,13,18-19H,10-12H2,1H3,(H,21,23)(H,22,24)/t19-/m0/s1. The highest BCUT2D eigenvalue weighted by Crippen LogP contribution is 2.44. The number of rotatable bonds is 8. The second-order valence-corrected chi connectivity index (χ2v) is 7.07. The summed E-state index contributed by atoms with van der Waals surface area (Å²) in [5.74, 6) is 0.853. The molecule has 0 spiro atoms. The molecule has 6 heteroatoms. The van der Waals surface area contributed by atoms with Crippen molar-refractivity contribution in [3.63, 3.8) is 0 Å². The third-order valence-electron chi connectivity index (χ3n) is 4.52. The van der Waals surface area contributed by atoms with E-state index in [0.29, 0.717) is 12.8 Å². The fourth-order valence-corrected chi connectivity index (χ4v) is 3.77. The van der Waals surface area contributed by atoms with Gasteiger partial charge in [-0.05, 0) is 40.7 Å². The normalized spacial score (nSPS) is 13.4. The molecule has 2 aromatic rings. The molecule has 3 rings (SSSR count). The number of benzene rings is 2. The van der Waals surface area contributed by atoms with Crippen molar-refractivity contribution < 1.29 is 14.3 Å². The molecule has 0 aromatic heterocycles. The number of amides is 2. The predicted octanol–water partition coefficient (Wildman–Crippen LogP) is 3.35. The van der Waals surface area contributed by atoms with Gasteiger partial charge in [0.2, 0.25) is 6.41 Å². The molecule has 1 aliphatic rings. The van der Waals surface area contributed by atoms with E-state index < -0.39 is 12.3 Å². The maximum Gasteiger partial charge on any atom is 0.408 e. The minimum absolute atomic E-state index is 0.0248. The lowest BCUT2D eigenvalue weighted by Gasteiger charge is -2.19. The summed E-state index contributed by atoms with van der Waals surface area (Å²) in [5, 5.41) is 5.31. The third kappa shape index (κ3) is 4.02. The Hall–Kier alpha value is -2.47. The van der Waals surface area contributed by atoms with Crippen LogP contribution in [0.2, 0.25) is 0 Å². The molecule has 5 nitrogen and oxygen atoms in total. The summed E-state index contributed by atoms with van der Waals surface area (Å²) >= 11 is 1.65. The van der Waals surface area contributed by atoms with E-state index in [-0.39, 0.29) is 12.5 Å². The smallest absolute Gasteiger partial charge is 0.408 e. The molecule has 2 amide bonds. The molecule has 0 heterocycles. The molecule has 0 aliphatic heterocycles. The Bertz CT molecular complexity index is 736. The monoisotopic (exact) mass is 370 g/mol. The van der Waals surface area contributed by atoms with Crippen molar-refractivity contribution in [2.24, 2.45) is 0 Å². The highest BCUT2D eigenvalue weighted by molar-refractivity contribution is 7.98. The fraction of sp³-hybridized carbons (Fsp3) is 0.300. The van der Waals surface area contributed by atoms with Crippen LogP contribution in [-0.2, 0) is 9.53 Å². The Balaban J connectivity index is 1.66. The Morgan fingerprint density at radius 1 is 1.15 bits per heavy atom. The average Bonchev–Trinajstić information content (AvgIpc) is 2.98. The Morgan fingerprint density at radius 3 is 2.35 bits per heavy atom. The Morgan fingerprint density at radius 2 is 1.77 bits per heavy atom. The number of fused-ring (bicyclic) bond motifs is 3. The summed E-state index contributed by atoms with van der Waals surface area (Å²) in [6.07, 6.45) is 2.27. The SMILES string of the molecule is CSCC[C@@H](NC=O)NC(=O)OCC1c2ccccc2-c2ccccc21. The number of carbonyl (C=O) groups is 2. The maximum atomic E-state index is 12.2. The summed E-state index contributed by atoms with van der Waals surface area (Å²) in [5.41, 5.74) is 4.73. The third-order valence-corrected chi connectivity index (χ3v) is 5.16. The highest BCUT2D eigenvalue weighted by atomic mass is 32.2. The second-order valence-electron chi connectivity index (χ2n) is 6.09. The molecule has 26 heavy (non-hydrogen) atoms. The van der Waals surface area contributed by atoms with Crippen molar-refractivity contribution in [1.29, 1.82) is 0 Å². The average molecular weight is 370 g/mol. The maximum absolute atomic E-state index is 12.2. The number of nitrogens with one attached hydrogen (secondary N) is 2. The van der Waals surface area contributed by atoms with Crippen molar-refractivity contribution in [3.8, 4) is 11.1 Å². The largest absolute Gasteiger partial charge is 0.449 e. The Labute approximate surface area is 157 Å². The van der Waals surface area contributed by atoms with E-state index in [4.69, 9.17) is 4.74 Å². The van der Waals surface area contributed by atoms with Crippen LogP contribution < -0.4 is 10.6 Å². The zero-order valence-corrected chi connectivity index (χ0v) is 15.4. The van der Waals surface area contributed by atoms with Crippen molar-refractivity contribution >= 4 is 24.3 Å². The molecule has 1 aliphatic carbocycles. The van der Waals surface area contributed by atoms with Gasteiger partial charge in [-0.3, -0.25) is 4.79 Å². The van der Waals surface area contributed by atoms with Crippen molar-refractivity contribution in [2.75, 3.05) is 18.6 Å². The quantitative estimate of drug-likeness (QED) is 0.552. The zero-order valence-electron chi connectivity index (χ0n) is 14.6. The summed E-state index contributed by atoms with van der Waals surface area (Å²) in [4.78, 5) is 22.9. The first-order valence-corrected chi connectivity index (χ1v) is 9.94. The van der Waals surface area contributed by atoms with E-state index in [2.05, 4.69) is 34.9 Å². The Kier molecular flexibility index (Phi) is 6.17. The molecule has 136 valence electrons. The molecule has 0 unspecified atom stereocenters. The predicted molar refractivity (Wildman–Crippen MR) is 104 cm³/mol. The molecule has 0 saturated heterocycles. The zero-order chi connectivity index (χ0) is 18.4. The summed E-state index contributed by atoms with van der Waals surface area (Å²) in [6.45, 7) is 0.260. The van der Waals surface area contributed by atoms with Gasteiger partial charge in [0.15, 0.2) is 0 Å². The van der Waals surface area contributed by atoms with Gasteiger partial charge in [0.25, 0.3) is 0 Å². The van der Waals surface area contributed by atoms with Crippen LogP contribution in [0.3, 0.4) is 0 Å². The van der Waals surface area contributed by atoms with E-state index in [9.17, 15) is 9.59 Å². The molecule has 1 atom stereocenters. The van der Waals surface area contributed by atoms with E-state index in [1.54, 1.807) is 11.8 Å². The molecule has 2 N–H and O–H groups in total. The fourth-order valence-electron chi connectivity index (χ4n) is 3.30. The van der Waals surface area contributed by atoms with E-state index >= 15 is 0 Å². The number of alkyl carbamates (subject to hydrolysis) is 1. The number of hydrogen-bond donors (Lipinski definition) is 2. The first-order chi connectivity index (χ1) is 12.7. The van der Waals surface area contributed by atoms with Crippen LogP contribution in [0.4, 0.5) is 4.79 Å². The highest BCUT2D eigenvalue weighted by Gasteiger charge is 2.29. The van der Waals surface area contributed by atoms with Gasteiger partial charge in [-0.2, -0.15) is 11.8 Å². The number of ether oxygens (including phenoxy) is 1. The first kappa shape index (κ1) is 18.3. The van der Waals surface area contributed by atoms with Crippen LogP contribution in [0.25, 0.3) is 11.1 Å². The lowest BCUT2D eigenvalue weighted by atomic mass is 9.98. The summed E-state index contributed by atoms with van der Waals surface area (Å²) in [6, 6.07) is 16.4. The number of hydrogen-bond acceptors (Lipinski definition) is 4. The topological polar surface area (TPSA) is 67.4 Å². The number of carbonyl (C=O) groups excluding carboxylic acids is 2. The van der Waals surface area contributed by atoms with E-state index in [1.807, 2.05) is 30.5 Å². The number of thioether (sulfide) groups is 1. The van der Waals surface area contributed by atoms with Crippen LogP contribution in [0.1, 0.15) is 23.5 Å². The van der Waals surface area contributed by atoms with Crippen LogP contribution in [-0.4, -0.2) is 37.3 Å². The molecule has 0 fully saturated rings. The van der Waals surface area contributed by atoms with Crippen molar-refractivity contribution in [2.45, 2.75) is 18.5 Å². The molecule has 2 aromatic carbocycles. The molecular formula is C20H22N2O3S. The van der Waals surface area contributed by atoms with Crippen molar-refractivity contribution in [1.82, 2.24) is 10.6 Å². The first-order valence-electron chi connectivity index (χ1n) is 8.54. The van der Waals surface area contributed by atoms with Gasteiger partial charge in [0, 0.05) is 5.92 Å².